The predicted octanol–water partition coefficient (Wildman–Crippen LogP) is 1.73. The average molecular weight is 336 g/mol. The number of rotatable bonds is 8. The highest BCUT2D eigenvalue weighted by Crippen LogP contribution is 2.36. The molecule has 132 valence electrons. The number of halogens is 1. The number of carbonyl (C=O) groups is 2. The molecule has 3 rings (SSSR count). The average Bonchev–Trinajstić information content (AvgIpc) is 3.44. The molecule has 1 heterocycles. The second kappa shape index (κ2) is 6.53. The summed E-state index contributed by atoms with van der Waals surface area (Å²) in [7, 11) is 0. The van der Waals surface area contributed by atoms with Crippen LogP contribution in [0.5, 0.6) is 0 Å². The molecular weight excluding hydrogens is 311 g/mol. The summed E-state index contributed by atoms with van der Waals surface area (Å²) in [5.74, 6) is -0.450. The molecule has 2 aliphatic rings. The Morgan fingerprint density at radius 2 is 2.12 bits per heavy atom. The molecule has 0 aromatic carbocycles. The van der Waals surface area contributed by atoms with Gasteiger partial charge in [0.2, 0.25) is 0 Å². The van der Waals surface area contributed by atoms with E-state index < -0.39 is 17.6 Å². The first-order valence-electron chi connectivity index (χ1n) is 8.67. The highest BCUT2D eigenvalue weighted by atomic mass is 19.1. The third-order valence-electron chi connectivity index (χ3n) is 4.61. The van der Waals surface area contributed by atoms with Crippen LogP contribution in [0.25, 0.3) is 0 Å². The molecule has 24 heavy (non-hydrogen) atoms. The largest absolute Gasteiger partial charge is 0.351 e. The van der Waals surface area contributed by atoms with Crippen molar-refractivity contribution in [2.45, 2.75) is 57.7 Å². The normalized spacial score (nSPS) is 19.8. The number of amides is 2. The quantitative estimate of drug-likeness (QED) is 0.676. The van der Waals surface area contributed by atoms with Crippen LogP contribution in [0.15, 0.2) is 6.07 Å². The third kappa shape index (κ3) is 4.13. The van der Waals surface area contributed by atoms with Gasteiger partial charge in [-0.2, -0.15) is 5.10 Å². The summed E-state index contributed by atoms with van der Waals surface area (Å²) in [5.41, 5.74) is 0.829. The number of hydrogen-bond donors (Lipinski definition) is 3. The molecule has 2 amide bonds. The van der Waals surface area contributed by atoms with Crippen molar-refractivity contribution < 1.29 is 14.0 Å². The minimum Gasteiger partial charge on any atom is -0.351 e. The summed E-state index contributed by atoms with van der Waals surface area (Å²) in [6.45, 7) is 4.47. The molecule has 0 radical (unpaired) electrons. The van der Waals surface area contributed by atoms with E-state index in [0.29, 0.717) is 11.6 Å². The van der Waals surface area contributed by atoms with E-state index in [0.717, 1.165) is 37.8 Å². The van der Waals surface area contributed by atoms with Crippen molar-refractivity contribution in [3.63, 3.8) is 0 Å². The van der Waals surface area contributed by atoms with Crippen LogP contribution in [0.3, 0.4) is 0 Å². The third-order valence-corrected chi connectivity index (χ3v) is 4.61. The number of nitrogens with zero attached hydrogens (tertiary/aromatic N) is 1. The monoisotopic (exact) mass is 336 g/mol. The molecule has 2 saturated carbocycles. The van der Waals surface area contributed by atoms with Gasteiger partial charge in [0, 0.05) is 12.2 Å². The van der Waals surface area contributed by atoms with Crippen LogP contribution >= 0.6 is 0 Å². The minimum atomic E-state index is -1.42. The lowest BCUT2D eigenvalue weighted by Crippen LogP contribution is -2.47. The standard InChI is InChI=1S/C17H25FN4O2/c1-10(2)7-12-8-13(22-21-12)15(23)20-17(5-6-17)9-19-16(24)14(18)11-3-4-11/h8,10-11,14H,3-7,9H2,1-2H3,(H,19,24)(H,20,23)(H,21,22). The minimum absolute atomic E-state index is 0.113. The van der Waals surface area contributed by atoms with E-state index in [-0.39, 0.29) is 18.4 Å². The Kier molecular flexibility index (Phi) is 4.60. The van der Waals surface area contributed by atoms with E-state index in [4.69, 9.17) is 0 Å². The van der Waals surface area contributed by atoms with E-state index in [1.54, 1.807) is 6.07 Å². The Labute approximate surface area is 141 Å². The van der Waals surface area contributed by atoms with Crippen molar-refractivity contribution in [1.29, 1.82) is 0 Å². The van der Waals surface area contributed by atoms with E-state index in [1.807, 2.05) is 0 Å². The van der Waals surface area contributed by atoms with Crippen LogP contribution < -0.4 is 10.6 Å². The Morgan fingerprint density at radius 3 is 2.71 bits per heavy atom. The van der Waals surface area contributed by atoms with E-state index in [9.17, 15) is 14.0 Å². The van der Waals surface area contributed by atoms with Gasteiger partial charge in [-0.3, -0.25) is 14.7 Å². The number of nitrogens with one attached hydrogen (secondary N) is 3. The van der Waals surface area contributed by atoms with Gasteiger partial charge in [0.1, 0.15) is 5.69 Å². The second-order valence-corrected chi connectivity index (χ2v) is 7.57. The molecule has 2 aliphatic carbocycles. The van der Waals surface area contributed by atoms with Crippen LogP contribution in [0.2, 0.25) is 0 Å². The summed E-state index contributed by atoms with van der Waals surface area (Å²) < 4.78 is 13.7. The van der Waals surface area contributed by atoms with Gasteiger partial charge >= 0.3 is 0 Å². The first-order valence-corrected chi connectivity index (χ1v) is 8.67. The van der Waals surface area contributed by atoms with Crippen molar-refractivity contribution in [3.8, 4) is 0 Å². The Balaban J connectivity index is 1.50. The van der Waals surface area contributed by atoms with Gasteiger partial charge in [0.05, 0.1) is 5.54 Å². The number of H-pyrrole nitrogens is 1. The molecule has 0 spiro atoms. The van der Waals surface area contributed by atoms with Crippen LogP contribution in [0, 0.1) is 11.8 Å². The maximum absolute atomic E-state index is 13.7. The van der Waals surface area contributed by atoms with Gasteiger partial charge in [0.15, 0.2) is 6.17 Å². The molecular formula is C17H25FN4O2. The highest BCUT2D eigenvalue weighted by Gasteiger charge is 2.45. The fourth-order valence-corrected chi connectivity index (χ4v) is 2.78. The van der Waals surface area contributed by atoms with Crippen molar-refractivity contribution >= 4 is 11.8 Å². The van der Waals surface area contributed by atoms with Gasteiger partial charge in [-0.25, -0.2) is 4.39 Å². The summed E-state index contributed by atoms with van der Waals surface area (Å²) >= 11 is 0. The molecule has 0 bridgehead atoms. The van der Waals surface area contributed by atoms with E-state index in [1.165, 1.54) is 0 Å². The van der Waals surface area contributed by atoms with Gasteiger partial charge in [-0.05, 0) is 50.0 Å². The van der Waals surface area contributed by atoms with Gasteiger partial charge in [0.25, 0.3) is 11.8 Å². The lowest BCUT2D eigenvalue weighted by Gasteiger charge is -2.18. The fourth-order valence-electron chi connectivity index (χ4n) is 2.78. The molecule has 0 saturated heterocycles. The summed E-state index contributed by atoms with van der Waals surface area (Å²) in [4.78, 5) is 24.1. The van der Waals surface area contributed by atoms with E-state index in [2.05, 4.69) is 34.7 Å². The zero-order valence-corrected chi connectivity index (χ0v) is 14.2. The molecule has 7 heteroatoms. The zero-order valence-electron chi connectivity index (χ0n) is 14.2. The van der Waals surface area contributed by atoms with Gasteiger partial charge in [-0.1, -0.05) is 13.8 Å². The Morgan fingerprint density at radius 1 is 1.42 bits per heavy atom. The van der Waals surface area contributed by atoms with Crippen molar-refractivity contribution in [2.75, 3.05) is 6.54 Å². The molecule has 0 aliphatic heterocycles. The first kappa shape index (κ1) is 16.9. The van der Waals surface area contributed by atoms with Crippen LogP contribution in [0.1, 0.15) is 55.7 Å². The summed E-state index contributed by atoms with van der Waals surface area (Å²) in [6.07, 6.45) is 2.55. The first-order chi connectivity index (χ1) is 11.4. The fraction of sp³-hybridized carbons (Fsp3) is 0.706. The zero-order chi connectivity index (χ0) is 17.3. The smallest absolute Gasteiger partial charge is 0.272 e. The lowest BCUT2D eigenvalue weighted by molar-refractivity contribution is -0.126. The number of hydrogen-bond acceptors (Lipinski definition) is 3. The SMILES string of the molecule is CC(C)Cc1cc(C(=O)NC2(CNC(=O)C(F)C3CC3)CC2)n[nH]1. The molecule has 2 fully saturated rings. The molecule has 3 N–H and O–H groups in total. The molecule has 1 atom stereocenters. The molecule has 6 nitrogen and oxygen atoms in total. The summed E-state index contributed by atoms with van der Waals surface area (Å²) in [6, 6.07) is 1.76. The topological polar surface area (TPSA) is 86.9 Å². The number of aromatic amines is 1. The maximum atomic E-state index is 13.7. The lowest BCUT2D eigenvalue weighted by atomic mass is 10.1. The van der Waals surface area contributed by atoms with Crippen LogP contribution in [0.4, 0.5) is 4.39 Å². The number of aromatic nitrogens is 2. The molecule has 1 aromatic heterocycles. The number of carbonyl (C=O) groups excluding carboxylic acids is 2. The number of alkyl halides is 1. The van der Waals surface area contributed by atoms with Crippen LogP contribution in [-0.4, -0.2) is 40.3 Å². The Hall–Kier alpha value is -1.92. The predicted molar refractivity (Wildman–Crippen MR) is 87.2 cm³/mol. The van der Waals surface area contributed by atoms with Crippen LogP contribution in [-0.2, 0) is 11.2 Å². The van der Waals surface area contributed by atoms with Gasteiger partial charge < -0.3 is 10.6 Å². The highest BCUT2D eigenvalue weighted by molar-refractivity contribution is 5.93. The Bertz CT molecular complexity index is 620. The van der Waals surface area contributed by atoms with Gasteiger partial charge in [-0.15, -0.1) is 0 Å². The summed E-state index contributed by atoms with van der Waals surface area (Å²) in [5, 5.41) is 12.5. The van der Waals surface area contributed by atoms with Crippen molar-refractivity contribution in [3.05, 3.63) is 17.5 Å². The van der Waals surface area contributed by atoms with E-state index >= 15 is 0 Å². The van der Waals surface area contributed by atoms with Crippen molar-refractivity contribution in [1.82, 2.24) is 20.8 Å². The van der Waals surface area contributed by atoms with Crippen molar-refractivity contribution in [2.24, 2.45) is 11.8 Å². The second-order valence-electron chi connectivity index (χ2n) is 7.57. The molecule has 1 aromatic rings. The molecule has 1 unspecified atom stereocenters. The maximum Gasteiger partial charge on any atom is 0.272 e.